The van der Waals surface area contributed by atoms with Crippen LogP contribution in [-0.2, 0) is 26.8 Å². The molecular formula is C11H16N5O10P3. The van der Waals surface area contributed by atoms with Crippen molar-refractivity contribution in [1.29, 1.82) is 0 Å². The van der Waals surface area contributed by atoms with E-state index in [0.717, 1.165) is 0 Å². The lowest BCUT2D eigenvalue weighted by Gasteiger charge is -2.18. The van der Waals surface area contributed by atoms with Gasteiger partial charge in [-0.25, -0.2) is 28.6 Å². The lowest BCUT2D eigenvalue weighted by Crippen LogP contribution is -2.10. The van der Waals surface area contributed by atoms with Crippen molar-refractivity contribution in [3.63, 3.8) is 0 Å². The maximum Gasteiger partial charge on any atom is 0.490 e. The van der Waals surface area contributed by atoms with Crippen LogP contribution in [0.3, 0.4) is 0 Å². The third-order valence-electron chi connectivity index (χ3n) is 3.76. The van der Waals surface area contributed by atoms with Crippen molar-refractivity contribution in [2.45, 2.75) is 12.5 Å². The number of rotatable bonds is 8. The number of phosphoric acid groups is 3. The number of nitrogen functional groups attached to an aromatic ring is 1. The van der Waals surface area contributed by atoms with Crippen LogP contribution in [-0.4, -0.2) is 45.7 Å². The van der Waals surface area contributed by atoms with Gasteiger partial charge in [-0.15, -0.1) is 0 Å². The van der Waals surface area contributed by atoms with E-state index in [1.54, 1.807) is 16.7 Å². The van der Waals surface area contributed by atoms with E-state index < -0.39 is 23.5 Å². The highest BCUT2D eigenvalue weighted by Crippen LogP contribution is 2.66. The van der Waals surface area contributed by atoms with E-state index >= 15 is 0 Å². The van der Waals surface area contributed by atoms with Crippen LogP contribution in [0, 0.1) is 5.92 Å². The maximum atomic E-state index is 11.8. The Morgan fingerprint density at radius 2 is 1.79 bits per heavy atom. The molecule has 160 valence electrons. The predicted octanol–water partition coefficient (Wildman–Crippen LogP) is 0.869. The third-order valence-corrected chi connectivity index (χ3v) is 7.56. The molecule has 0 saturated carbocycles. The maximum absolute atomic E-state index is 11.8. The molecule has 0 radical (unpaired) electrons. The van der Waals surface area contributed by atoms with E-state index in [-0.39, 0.29) is 24.4 Å². The molecule has 2 unspecified atom stereocenters. The van der Waals surface area contributed by atoms with E-state index in [2.05, 4.69) is 28.1 Å². The van der Waals surface area contributed by atoms with Crippen LogP contribution in [0.2, 0.25) is 0 Å². The Hall–Kier alpha value is -1.50. The number of allylic oxidation sites excluding steroid dienone is 1. The summed E-state index contributed by atoms with van der Waals surface area (Å²) in [7, 11) is -16.1. The molecule has 2 heterocycles. The van der Waals surface area contributed by atoms with Crippen LogP contribution in [0.1, 0.15) is 12.5 Å². The highest BCUT2D eigenvalue weighted by molar-refractivity contribution is 7.66. The van der Waals surface area contributed by atoms with Crippen LogP contribution < -0.4 is 5.73 Å². The topological polar surface area (TPSA) is 229 Å². The van der Waals surface area contributed by atoms with Crippen molar-refractivity contribution in [1.82, 2.24) is 19.5 Å². The molecule has 0 amide bonds. The van der Waals surface area contributed by atoms with E-state index in [9.17, 15) is 18.6 Å². The highest BCUT2D eigenvalue weighted by atomic mass is 31.3. The summed E-state index contributed by atoms with van der Waals surface area (Å²) in [6.07, 6.45) is 6.69. The normalized spacial score (nSPS) is 23.9. The molecule has 3 rings (SSSR count). The molecule has 2 aromatic heterocycles. The number of imidazole rings is 1. The Morgan fingerprint density at radius 3 is 2.48 bits per heavy atom. The Kier molecular flexibility index (Phi) is 6.10. The van der Waals surface area contributed by atoms with E-state index in [1.807, 2.05) is 0 Å². The summed E-state index contributed by atoms with van der Waals surface area (Å²) in [5.74, 6) is -0.165. The Labute approximate surface area is 162 Å². The first-order valence-corrected chi connectivity index (χ1v) is 12.3. The minimum atomic E-state index is -5.54. The molecule has 2 aromatic rings. The van der Waals surface area contributed by atoms with E-state index in [4.69, 9.17) is 20.4 Å². The molecule has 0 saturated heterocycles. The average molecular weight is 471 g/mol. The monoisotopic (exact) mass is 471 g/mol. The summed E-state index contributed by atoms with van der Waals surface area (Å²) in [6.45, 7) is -0.388. The number of fused-ring (bicyclic) bond motifs is 1. The van der Waals surface area contributed by atoms with Gasteiger partial charge in [0.05, 0.1) is 19.0 Å². The number of anilines is 1. The van der Waals surface area contributed by atoms with Gasteiger partial charge in [-0.05, 0) is 6.42 Å². The van der Waals surface area contributed by atoms with Crippen molar-refractivity contribution >= 4 is 40.4 Å². The predicted molar refractivity (Wildman–Crippen MR) is 95.8 cm³/mol. The zero-order chi connectivity index (χ0) is 21.4. The van der Waals surface area contributed by atoms with Crippen molar-refractivity contribution in [2.75, 3.05) is 12.3 Å². The minimum Gasteiger partial charge on any atom is -0.382 e. The van der Waals surface area contributed by atoms with Gasteiger partial charge in [-0.3, -0.25) is 4.52 Å². The standard InChI is InChI=1S/C11H16N5O10P3/c12-10-9-11(14-5-13-10)16(6-15-9)8-2-1-7(3-8)4-24-28(20,21)26-29(22,23)25-27(17,18)19/h1-2,5-8H,3-4H2,(H,20,21)(H,22,23)(H2,12,13,14)(H2,17,18,19)/t7-,8+/m0/s1. The molecule has 29 heavy (non-hydrogen) atoms. The van der Waals surface area contributed by atoms with Gasteiger partial charge in [-0.1, -0.05) is 12.2 Å². The fraction of sp³-hybridized carbons (Fsp3) is 0.364. The number of hydrogen-bond donors (Lipinski definition) is 5. The van der Waals surface area contributed by atoms with Crippen LogP contribution in [0.15, 0.2) is 24.8 Å². The summed E-state index contributed by atoms with van der Waals surface area (Å²) in [5.41, 5.74) is 6.67. The second-order valence-electron chi connectivity index (χ2n) is 5.92. The number of phosphoric ester groups is 1. The quantitative estimate of drug-likeness (QED) is 0.266. The second-order valence-corrected chi connectivity index (χ2v) is 10.3. The molecule has 0 aliphatic heterocycles. The molecule has 0 aromatic carbocycles. The van der Waals surface area contributed by atoms with Gasteiger partial charge in [0.15, 0.2) is 11.5 Å². The first kappa shape index (κ1) is 22.2. The third kappa shape index (κ3) is 5.77. The molecule has 18 heteroatoms. The molecule has 1 aliphatic carbocycles. The average Bonchev–Trinajstić information content (AvgIpc) is 3.16. The van der Waals surface area contributed by atoms with Gasteiger partial charge in [0.2, 0.25) is 0 Å². The van der Waals surface area contributed by atoms with Crippen molar-refractivity contribution in [3.05, 3.63) is 24.8 Å². The Bertz CT molecular complexity index is 1080. The molecule has 0 fully saturated rings. The van der Waals surface area contributed by atoms with Crippen LogP contribution in [0.4, 0.5) is 5.82 Å². The Morgan fingerprint density at radius 1 is 1.07 bits per heavy atom. The number of nitrogens with zero attached hydrogens (tertiary/aromatic N) is 4. The fourth-order valence-corrected chi connectivity index (χ4v) is 5.76. The van der Waals surface area contributed by atoms with Crippen molar-refractivity contribution < 1.29 is 46.4 Å². The lowest BCUT2D eigenvalue weighted by molar-refractivity contribution is 0.159. The van der Waals surface area contributed by atoms with Gasteiger partial charge in [0.1, 0.15) is 11.8 Å². The fourth-order valence-electron chi connectivity index (χ4n) is 2.69. The first-order valence-electron chi connectivity index (χ1n) is 7.75. The molecular weight excluding hydrogens is 455 g/mol. The van der Waals surface area contributed by atoms with Crippen molar-refractivity contribution in [2.24, 2.45) is 5.92 Å². The van der Waals surface area contributed by atoms with Crippen LogP contribution in [0.25, 0.3) is 11.2 Å². The SMILES string of the molecule is Nc1ncnc2c1ncn2[C@@H]1C=C[C@H](COP(=O)(O)OP(=O)(O)OP(=O)(O)O)C1. The van der Waals surface area contributed by atoms with Gasteiger partial charge >= 0.3 is 23.5 Å². The largest absolute Gasteiger partial charge is 0.490 e. The summed E-state index contributed by atoms with van der Waals surface area (Å²) < 4.78 is 47.4. The van der Waals surface area contributed by atoms with Crippen molar-refractivity contribution in [3.8, 4) is 0 Å². The number of aromatic nitrogens is 4. The smallest absolute Gasteiger partial charge is 0.382 e. The zero-order valence-electron chi connectivity index (χ0n) is 14.3. The molecule has 6 N–H and O–H groups in total. The van der Waals surface area contributed by atoms with Gasteiger partial charge in [0.25, 0.3) is 0 Å². The molecule has 4 atom stereocenters. The summed E-state index contributed by atoms with van der Waals surface area (Å²) >= 11 is 0. The van der Waals surface area contributed by atoms with Gasteiger partial charge in [0, 0.05) is 5.92 Å². The van der Waals surface area contributed by atoms with Crippen LogP contribution in [0.5, 0.6) is 0 Å². The summed E-state index contributed by atoms with van der Waals surface area (Å²) in [5, 5.41) is 0. The molecule has 0 spiro atoms. The Balaban J connectivity index is 1.59. The summed E-state index contributed by atoms with van der Waals surface area (Å²) in [4.78, 5) is 47.8. The molecule has 0 bridgehead atoms. The molecule has 1 aliphatic rings. The lowest BCUT2D eigenvalue weighted by atomic mass is 10.1. The first-order chi connectivity index (χ1) is 13.4. The molecule has 15 nitrogen and oxygen atoms in total. The number of nitrogens with two attached hydrogens (primary N) is 1. The zero-order valence-corrected chi connectivity index (χ0v) is 17.0. The van der Waals surface area contributed by atoms with E-state index in [1.165, 1.54) is 12.7 Å². The summed E-state index contributed by atoms with van der Waals surface area (Å²) in [6, 6.07) is -0.219. The number of hydrogen-bond acceptors (Lipinski definition) is 10. The van der Waals surface area contributed by atoms with E-state index in [0.29, 0.717) is 17.6 Å². The minimum absolute atomic E-state index is 0.219. The highest BCUT2D eigenvalue weighted by Gasteiger charge is 2.41. The van der Waals surface area contributed by atoms with Gasteiger partial charge in [-0.2, -0.15) is 8.62 Å². The van der Waals surface area contributed by atoms with Crippen LogP contribution >= 0.6 is 23.5 Å². The van der Waals surface area contributed by atoms with Gasteiger partial charge < -0.3 is 29.9 Å². The second kappa shape index (κ2) is 7.97.